The van der Waals surface area contributed by atoms with Crippen molar-refractivity contribution in [2.45, 2.75) is 44.6 Å². The van der Waals surface area contributed by atoms with E-state index in [1.54, 1.807) is 20.2 Å². The minimum atomic E-state index is -4.31. The minimum Gasteiger partial charge on any atom is -0.385 e. The average molecular weight is 431 g/mol. The number of halogens is 3. The van der Waals surface area contributed by atoms with Crippen LogP contribution in [0.1, 0.15) is 30.4 Å². The molecule has 170 valence electrons. The quantitative estimate of drug-likeness (QED) is 0.340. The standard InChI is InChI=1S/C21H33F3N4O2/c1-25-20(27-19-7-10-28(11-8-19)9-4-12-29-2)26-14-17-5-3-6-18(13-17)15-30-16-21(22,23)24/h3,5-6,13,19H,4,7-12,14-16H2,1-2H3,(H2,25,26,27). The lowest BCUT2D eigenvalue weighted by molar-refractivity contribution is -0.176. The largest absolute Gasteiger partial charge is 0.411 e. The number of ether oxygens (including phenoxy) is 2. The van der Waals surface area contributed by atoms with Crippen molar-refractivity contribution in [2.75, 3.05) is 47.0 Å². The minimum absolute atomic E-state index is 0.0662. The summed E-state index contributed by atoms with van der Waals surface area (Å²) in [6.45, 7) is 3.20. The maximum absolute atomic E-state index is 12.2. The van der Waals surface area contributed by atoms with Crippen molar-refractivity contribution in [1.29, 1.82) is 0 Å². The van der Waals surface area contributed by atoms with E-state index in [0.29, 0.717) is 18.2 Å². The summed E-state index contributed by atoms with van der Waals surface area (Å²) < 4.78 is 46.5. The number of nitrogens with one attached hydrogen (secondary N) is 2. The average Bonchev–Trinajstić information content (AvgIpc) is 2.72. The predicted molar refractivity (Wildman–Crippen MR) is 111 cm³/mol. The number of piperidine rings is 1. The Bertz CT molecular complexity index is 647. The number of rotatable bonds is 10. The van der Waals surface area contributed by atoms with Crippen molar-refractivity contribution in [2.24, 2.45) is 4.99 Å². The van der Waals surface area contributed by atoms with E-state index in [9.17, 15) is 13.2 Å². The normalized spacial score (nSPS) is 16.6. The molecule has 0 spiro atoms. The van der Waals surface area contributed by atoms with E-state index in [4.69, 9.17) is 9.47 Å². The molecule has 0 atom stereocenters. The monoisotopic (exact) mass is 430 g/mol. The van der Waals surface area contributed by atoms with E-state index in [1.165, 1.54) is 0 Å². The Morgan fingerprint density at radius 3 is 2.63 bits per heavy atom. The third kappa shape index (κ3) is 9.77. The van der Waals surface area contributed by atoms with Gasteiger partial charge in [-0.25, -0.2) is 0 Å². The summed E-state index contributed by atoms with van der Waals surface area (Å²) in [5.74, 6) is 0.728. The first-order valence-corrected chi connectivity index (χ1v) is 10.3. The Morgan fingerprint density at radius 2 is 1.97 bits per heavy atom. The second-order valence-electron chi connectivity index (χ2n) is 7.46. The summed E-state index contributed by atoms with van der Waals surface area (Å²) in [7, 11) is 3.46. The molecule has 1 fully saturated rings. The molecule has 30 heavy (non-hydrogen) atoms. The van der Waals surface area contributed by atoms with Crippen LogP contribution >= 0.6 is 0 Å². The van der Waals surface area contributed by atoms with E-state index in [-0.39, 0.29) is 6.61 Å². The molecule has 1 aromatic rings. The second-order valence-corrected chi connectivity index (χ2v) is 7.46. The third-order valence-corrected chi connectivity index (χ3v) is 4.96. The zero-order valence-electron chi connectivity index (χ0n) is 17.8. The van der Waals surface area contributed by atoms with Crippen molar-refractivity contribution in [3.63, 3.8) is 0 Å². The van der Waals surface area contributed by atoms with Gasteiger partial charge in [-0.2, -0.15) is 13.2 Å². The maximum Gasteiger partial charge on any atom is 0.411 e. The van der Waals surface area contributed by atoms with Crippen molar-refractivity contribution < 1.29 is 22.6 Å². The van der Waals surface area contributed by atoms with Crippen LogP contribution in [0.4, 0.5) is 13.2 Å². The number of hydrogen-bond acceptors (Lipinski definition) is 4. The highest BCUT2D eigenvalue weighted by molar-refractivity contribution is 5.79. The molecule has 0 saturated carbocycles. The molecule has 1 heterocycles. The fraction of sp³-hybridized carbons (Fsp3) is 0.667. The number of methoxy groups -OCH3 is 1. The number of nitrogens with zero attached hydrogens (tertiary/aromatic N) is 2. The van der Waals surface area contributed by atoms with E-state index < -0.39 is 12.8 Å². The highest BCUT2D eigenvalue weighted by Crippen LogP contribution is 2.16. The Kier molecular flexibility index (Phi) is 10.4. The van der Waals surface area contributed by atoms with Crippen LogP contribution in [0.5, 0.6) is 0 Å². The Hall–Kier alpha value is -1.84. The number of aliphatic imine (C=N–C) groups is 1. The van der Waals surface area contributed by atoms with Crippen LogP contribution in [0.3, 0.4) is 0 Å². The molecule has 1 aliphatic rings. The molecule has 0 radical (unpaired) electrons. The summed E-state index contributed by atoms with van der Waals surface area (Å²) in [6, 6.07) is 7.71. The van der Waals surface area contributed by atoms with Crippen LogP contribution in [0.15, 0.2) is 29.3 Å². The van der Waals surface area contributed by atoms with Crippen molar-refractivity contribution in [3.8, 4) is 0 Å². The van der Waals surface area contributed by atoms with Gasteiger partial charge in [-0.05, 0) is 30.4 Å². The van der Waals surface area contributed by atoms with Gasteiger partial charge < -0.3 is 25.0 Å². The van der Waals surface area contributed by atoms with Crippen LogP contribution in [0.25, 0.3) is 0 Å². The van der Waals surface area contributed by atoms with Gasteiger partial charge in [0.05, 0.1) is 6.61 Å². The van der Waals surface area contributed by atoms with Gasteiger partial charge in [0, 0.05) is 53.0 Å². The lowest BCUT2D eigenvalue weighted by atomic mass is 10.1. The SMILES string of the molecule is CN=C(NCc1cccc(COCC(F)(F)F)c1)NC1CCN(CCCOC)CC1. The molecule has 0 aromatic heterocycles. The smallest absolute Gasteiger partial charge is 0.385 e. The van der Waals surface area contributed by atoms with Crippen LogP contribution in [0, 0.1) is 0 Å². The lowest BCUT2D eigenvalue weighted by Crippen LogP contribution is -2.48. The van der Waals surface area contributed by atoms with Crippen LogP contribution < -0.4 is 10.6 Å². The molecular weight excluding hydrogens is 397 g/mol. The van der Waals surface area contributed by atoms with E-state index in [0.717, 1.165) is 57.0 Å². The fourth-order valence-corrected chi connectivity index (χ4v) is 3.42. The first-order valence-electron chi connectivity index (χ1n) is 10.3. The predicted octanol–water partition coefficient (Wildman–Crippen LogP) is 2.93. The number of alkyl halides is 3. The molecule has 0 bridgehead atoms. The number of guanidine groups is 1. The van der Waals surface area contributed by atoms with Crippen molar-refractivity contribution in [3.05, 3.63) is 35.4 Å². The fourth-order valence-electron chi connectivity index (χ4n) is 3.42. The maximum atomic E-state index is 12.2. The molecule has 0 aliphatic carbocycles. The third-order valence-electron chi connectivity index (χ3n) is 4.96. The molecule has 9 heteroatoms. The summed E-state index contributed by atoms with van der Waals surface area (Å²) in [4.78, 5) is 6.75. The highest BCUT2D eigenvalue weighted by atomic mass is 19.4. The zero-order valence-corrected chi connectivity index (χ0v) is 17.8. The van der Waals surface area contributed by atoms with Gasteiger partial charge in [0.1, 0.15) is 6.61 Å². The van der Waals surface area contributed by atoms with Crippen LogP contribution in [-0.2, 0) is 22.6 Å². The number of likely N-dealkylation sites (tertiary alicyclic amines) is 1. The molecule has 0 amide bonds. The van der Waals surface area contributed by atoms with Crippen LogP contribution in [0.2, 0.25) is 0 Å². The molecule has 1 saturated heterocycles. The van der Waals surface area contributed by atoms with E-state index >= 15 is 0 Å². The van der Waals surface area contributed by atoms with E-state index in [2.05, 4.69) is 20.5 Å². The highest BCUT2D eigenvalue weighted by Gasteiger charge is 2.27. The first-order chi connectivity index (χ1) is 14.4. The van der Waals surface area contributed by atoms with Gasteiger partial charge in [0.2, 0.25) is 0 Å². The number of hydrogen-bond donors (Lipinski definition) is 2. The molecule has 1 aromatic carbocycles. The Balaban J connectivity index is 1.72. The first kappa shape index (κ1) is 24.4. The summed E-state index contributed by atoms with van der Waals surface area (Å²) in [5.41, 5.74) is 1.67. The van der Waals surface area contributed by atoms with Gasteiger partial charge in [0.25, 0.3) is 0 Å². The Labute approximate surface area is 176 Å². The molecule has 6 nitrogen and oxygen atoms in total. The molecule has 1 aliphatic heterocycles. The topological polar surface area (TPSA) is 58.1 Å². The zero-order chi connectivity index (χ0) is 21.8. The summed E-state index contributed by atoms with van der Waals surface area (Å²) in [5, 5.41) is 6.75. The van der Waals surface area contributed by atoms with Crippen molar-refractivity contribution >= 4 is 5.96 Å². The van der Waals surface area contributed by atoms with E-state index in [1.807, 2.05) is 18.2 Å². The lowest BCUT2D eigenvalue weighted by Gasteiger charge is -2.33. The van der Waals surface area contributed by atoms with Crippen molar-refractivity contribution in [1.82, 2.24) is 15.5 Å². The summed E-state index contributed by atoms with van der Waals surface area (Å²) >= 11 is 0. The van der Waals surface area contributed by atoms with Gasteiger partial charge in [-0.15, -0.1) is 0 Å². The van der Waals surface area contributed by atoms with Gasteiger partial charge >= 0.3 is 6.18 Å². The summed E-state index contributed by atoms with van der Waals surface area (Å²) in [6.07, 6.45) is -1.14. The molecule has 0 unspecified atom stereocenters. The molecular formula is C21H33F3N4O2. The molecule has 2 rings (SSSR count). The van der Waals surface area contributed by atoms with Gasteiger partial charge in [-0.1, -0.05) is 24.3 Å². The number of benzene rings is 1. The van der Waals surface area contributed by atoms with Crippen LogP contribution in [-0.4, -0.2) is 70.1 Å². The van der Waals surface area contributed by atoms with Gasteiger partial charge in [0.15, 0.2) is 5.96 Å². The molecule has 2 N–H and O–H groups in total. The Morgan fingerprint density at radius 1 is 1.23 bits per heavy atom. The second kappa shape index (κ2) is 12.8. The van der Waals surface area contributed by atoms with Gasteiger partial charge in [-0.3, -0.25) is 4.99 Å².